The Kier molecular flexibility index (Phi) is 10.1. The van der Waals surface area contributed by atoms with Gasteiger partial charge in [-0.2, -0.15) is 5.10 Å². The SMILES string of the molecule is C=C/C=C(C1=NN(c2cc(N3CCCC3)ccc2C(C)(F)F)C(=C)C2=C1CCC2)\C(=C/C)OCC.CCC. The number of anilines is 2. The zero-order valence-electron chi connectivity index (χ0n) is 23.7. The summed E-state index contributed by atoms with van der Waals surface area (Å²) in [6.45, 7) is 19.6. The molecule has 4 rings (SSSR count). The van der Waals surface area contributed by atoms with Gasteiger partial charge in [0.05, 0.1) is 23.7 Å². The Bertz CT molecular complexity index is 1150. The van der Waals surface area contributed by atoms with Crippen LogP contribution in [0, 0.1) is 0 Å². The minimum Gasteiger partial charge on any atom is -0.494 e. The molecule has 0 N–H and O–H groups in total. The molecule has 38 heavy (non-hydrogen) atoms. The second-order valence-electron chi connectivity index (χ2n) is 9.91. The molecule has 206 valence electrons. The topological polar surface area (TPSA) is 28.1 Å². The number of hydrogen-bond acceptors (Lipinski definition) is 4. The average Bonchev–Trinajstić information content (AvgIpc) is 3.59. The van der Waals surface area contributed by atoms with Gasteiger partial charge in [0, 0.05) is 36.8 Å². The summed E-state index contributed by atoms with van der Waals surface area (Å²) in [5, 5.41) is 6.62. The van der Waals surface area contributed by atoms with Gasteiger partial charge in [-0.3, -0.25) is 0 Å². The van der Waals surface area contributed by atoms with Crippen LogP contribution in [0.25, 0.3) is 0 Å². The van der Waals surface area contributed by atoms with Crippen LogP contribution in [0.15, 0.2) is 82.9 Å². The maximum absolute atomic E-state index is 14.8. The van der Waals surface area contributed by atoms with Crippen molar-refractivity contribution in [2.45, 2.75) is 79.1 Å². The van der Waals surface area contributed by atoms with Gasteiger partial charge in [0.1, 0.15) is 5.76 Å². The van der Waals surface area contributed by atoms with Gasteiger partial charge >= 0.3 is 0 Å². The van der Waals surface area contributed by atoms with Crippen molar-refractivity contribution in [1.82, 2.24) is 0 Å². The van der Waals surface area contributed by atoms with Crippen molar-refractivity contribution in [2.75, 3.05) is 29.6 Å². The number of benzene rings is 1. The molecule has 1 saturated heterocycles. The predicted octanol–water partition coefficient (Wildman–Crippen LogP) is 9.04. The number of nitrogens with zero attached hydrogens (tertiary/aromatic N) is 3. The highest BCUT2D eigenvalue weighted by molar-refractivity contribution is 6.17. The summed E-state index contributed by atoms with van der Waals surface area (Å²) in [4.78, 5) is 2.24. The van der Waals surface area contributed by atoms with Crippen LogP contribution in [0.1, 0.15) is 78.7 Å². The van der Waals surface area contributed by atoms with Crippen LogP contribution in [0.2, 0.25) is 0 Å². The van der Waals surface area contributed by atoms with E-state index in [0.717, 1.165) is 80.2 Å². The van der Waals surface area contributed by atoms with Crippen LogP contribution in [-0.2, 0) is 10.7 Å². The summed E-state index contributed by atoms with van der Waals surface area (Å²) in [5.41, 5.74) is 5.65. The smallest absolute Gasteiger partial charge is 0.272 e. The molecule has 6 heteroatoms. The van der Waals surface area contributed by atoms with Gasteiger partial charge in [-0.25, -0.2) is 13.8 Å². The van der Waals surface area contributed by atoms with E-state index in [1.54, 1.807) is 23.2 Å². The fourth-order valence-corrected chi connectivity index (χ4v) is 5.19. The number of halogens is 2. The minimum atomic E-state index is -3.03. The number of hydrazone groups is 1. The van der Waals surface area contributed by atoms with Crippen LogP contribution in [-0.4, -0.2) is 25.4 Å². The molecule has 0 atom stereocenters. The zero-order valence-corrected chi connectivity index (χ0v) is 23.7. The number of hydrogen-bond donors (Lipinski definition) is 0. The van der Waals surface area contributed by atoms with Crippen molar-refractivity contribution in [1.29, 1.82) is 0 Å². The van der Waals surface area contributed by atoms with Crippen molar-refractivity contribution < 1.29 is 13.5 Å². The van der Waals surface area contributed by atoms with E-state index >= 15 is 0 Å². The van der Waals surface area contributed by atoms with E-state index in [0.29, 0.717) is 23.8 Å². The number of ether oxygens (including phenoxy) is 1. The molecular weight excluding hydrogens is 480 g/mol. The lowest BCUT2D eigenvalue weighted by molar-refractivity contribution is 0.0180. The third kappa shape index (κ3) is 6.28. The van der Waals surface area contributed by atoms with E-state index in [9.17, 15) is 8.78 Å². The minimum absolute atomic E-state index is 0.0583. The highest BCUT2D eigenvalue weighted by Gasteiger charge is 2.36. The molecule has 0 unspecified atom stereocenters. The van der Waals surface area contributed by atoms with E-state index in [1.807, 2.05) is 32.1 Å². The third-order valence-corrected chi connectivity index (χ3v) is 6.83. The highest BCUT2D eigenvalue weighted by atomic mass is 19.3. The standard InChI is InChI=1S/C29H35F2N3O.C3H8/c1-6-12-24(27(7-2)35-8-3)28-23-14-11-13-22(23)20(4)34(32-28)26-19-21(33-17-9-10-18-33)15-16-25(26)29(5,30)31;1-3-2/h6-7,12,15-16,19H,1,4,8-11,13-14,17-18H2,2-3,5H3;3H2,1-2H3/b24-12+,27-7+;. The summed E-state index contributed by atoms with van der Waals surface area (Å²) in [6, 6.07) is 5.19. The first-order chi connectivity index (χ1) is 18.2. The summed E-state index contributed by atoms with van der Waals surface area (Å²) in [6.07, 6.45) is 11.6. The molecule has 2 heterocycles. The fourth-order valence-electron chi connectivity index (χ4n) is 5.19. The van der Waals surface area contributed by atoms with Crippen LogP contribution >= 0.6 is 0 Å². The van der Waals surface area contributed by atoms with E-state index in [4.69, 9.17) is 9.84 Å². The molecule has 0 spiro atoms. The maximum atomic E-state index is 14.8. The molecule has 3 aliphatic rings. The van der Waals surface area contributed by atoms with Gasteiger partial charge in [0.15, 0.2) is 0 Å². The van der Waals surface area contributed by atoms with E-state index in [-0.39, 0.29) is 5.56 Å². The molecule has 0 radical (unpaired) electrons. The van der Waals surface area contributed by atoms with Gasteiger partial charge in [0.2, 0.25) is 0 Å². The Balaban J connectivity index is 0.00000127. The first-order valence-corrected chi connectivity index (χ1v) is 13.9. The molecule has 1 aliphatic carbocycles. The summed E-state index contributed by atoms with van der Waals surface area (Å²) in [5.74, 6) is -2.33. The van der Waals surface area contributed by atoms with Crippen LogP contribution in [0.5, 0.6) is 0 Å². The molecule has 2 aliphatic heterocycles. The van der Waals surface area contributed by atoms with E-state index in [1.165, 1.54) is 6.42 Å². The molecule has 1 aromatic rings. The van der Waals surface area contributed by atoms with Crippen molar-refractivity contribution in [2.24, 2.45) is 5.10 Å². The Hall–Kier alpha value is -3.15. The molecule has 1 fully saturated rings. The molecular formula is C32H43F2N3O. The summed E-state index contributed by atoms with van der Waals surface area (Å²) in [7, 11) is 0. The van der Waals surface area contributed by atoms with E-state index < -0.39 is 5.92 Å². The lowest BCUT2D eigenvalue weighted by Crippen LogP contribution is -2.29. The molecule has 0 bridgehead atoms. The van der Waals surface area contributed by atoms with Crippen molar-refractivity contribution >= 4 is 17.1 Å². The predicted molar refractivity (Wildman–Crippen MR) is 157 cm³/mol. The average molecular weight is 524 g/mol. The summed E-state index contributed by atoms with van der Waals surface area (Å²) >= 11 is 0. The Morgan fingerprint density at radius 3 is 2.34 bits per heavy atom. The Morgan fingerprint density at radius 1 is 1.11 bits per heavy atom. The van der Waals surface area contributed by atoms with Crippen LogP contribution in [0.3, 0.4) is 0 Å². The molecule has 1 aromatic carbocycles. The maximum Gasteiger partial charge on any atom is 0.272 e. The second kappa shape index (κ2) is 13.1. The van der Waals surface area contributed by atoms with Gasteiger partial charge in [-0.1, -0.05) is 39.5 Å². The monoisotopic (exact) mass is 523 g/mol. The zero-order chi connectivity index (χ0) is 27.9. The Labute approximate surface area is 227 Å². The van der Waals surface area contributed by atoms with Crippen molar-refractivity contribution in [3.63, 3.8) is 0 Å². The van der Waals surface area contributed by atoms with Crippen molar-refractivity contribution in [3.05, 3.63) is 83.3 Å². The Morgan fingerprint density at radius 2 is 1.76 bits per heavy atom. The first-order valence-electron chi connectivity index (χ1n) is 13.9. The number of allylic oxidation sites excluding steroid dienone is 6. The molecule has 0 amide bonds. The lowest BCUT2D eigenvalue weighted by atomic mass is 9.94. The normalized spacial score (nSPS) is 18.3. The largest absolute Gasteiger partial charge is 0.494 e. The van der Waals surface area contributed by atoms with Crippen molar-refractivity contribution in [3.8, 4) is 0 Å². The third-order valence-electron chi connectivity index (χ3n) is 6.83. The van der Waals surface area contributed by atoms with Gasteiger partial charge in [0.25, 0.3) is 5.92 Å². The number of rotatable bonds is 8. The summed E-state index contributed by atoms with van der Waals surface area (Å²) < 4.78 is 35.6. The molecule has 4 nitrogen and oxygen atoms in total. The lowest BCUT2D eigenvalue weighted by Gasteiger charge is -2.33. The highest BCUT2D eigenvalue weighted by Crippen LogP contribution is 2.45. The van der Waals surface area contributed by atoms with Gasteiger partial charge in [-0.05, 0) is 87.4 Å². The van der Waals surface area contributed by atoms with Gasteiger partial charge < -0.3 is 9.64 Å². The van der Waals surface area contributed by atoms with Gasteiger partial charge in [-0.15, -0.1) is 0 Å². The second-order valence-corrected chi connectivity index (χ2v) is 9.91. The molecule has 0 saturated carbocycles. The van der Waals surface area contributed by atoms with Crippen LogP contribution in [0.4, 0.5) is 20.2 Å². The molecule has 0 aromatic heterocycles. The fraction of sp³-hybridized carbons (Fsp3) is 0.469. The first kappa shape index (κ1) is 29.4. The van der Waals surface area contributed by atoms with Crippen LogP contribution < -0.4 is 9.91 Å². The quantitative estimate of drug-likeness (QED) is 0.251. The van der Waals surface area contributed by atoms with E-state index in [2.05, 4.69) is 31.9 Å². The number of alkyl halides is 2.